The van der Waals surface area contributed by atoms with Crippen molar-refractivity contribution in [3.8, 4) is 0 Å². The number of hydrogen-bond donors (Lipinski definition) is 2. The highest BCUT2D eigenvalue weighted by Crippen LogP contribution is 2.24. The predicted octanol–water partition coefficient (Wildman–Crippen LogP) is 2.72. The first-order valence-electron chi connectivity index (χ1n) is 6.70. The zero-order valence-electron chi connectivity index (χ0n) is 12.3. The number of anilines is 1. The normalized spacial score (nSPS) is 12.6. The number of thioether (sulfide) groups is 1. The van der Waals surface area contributed by atoms with E-state index in [1.165, 1.54) is 11.8 Å². The van der Waals surface area contributed by atoms with Crippen LogP contribution in [0.25, 0.3) is 0 Å². The Bertz CT molecular complexity index is 528. The van der Waals surface area contributed by atoms with Gasteiger partial charge in [-0.2, -0.15) is 0 Å². The minimum Gasteiger partial charge on any atom is -0.398 e. The molecule has 0 atom stereocenters. The van der Waals surface area contributed by atoms with E-state index in [1.54, 1.807) is 0 Å². The maximum atomic E-state index is 11.9. The Morgan fingerprint density at radius 3 is 2.55 bits per heavy atom. The summed E-state index contributed by atoms with van der Waals surface area (Å²) in [5.41, 5.74) is 6.50. The molecule has 0 heterocycles. The third-order valence-corrected chi connectivity index (χ3v) is 5.93. The first-order chi connectivity index (χ1) is 9.26. The molecule has 0 saturated heterocycles. The number of hydrogen-bond acceptors (Lipinski definition) is 4. The highest BCUT2D eigenvalue weighted by molar-refractivity contribution is 8.00. The number of para-hydroxylation sites is 1. The summed E-state index contributed by atoms with van der Waals surface area (Å²) in [4.78, 5) is 0.927. The molecule has 4 nitrogen and oxygen atoms in total. The quantitative estimate of drug-likeness (QED) is 0.571. The van der Waals surface area contributed by atoms with Gasteiger partial charge in [0.2, 0.25) is 10.0 Å². The molecule has 0 spiro atoms. The minimum absolute atomic E-state index is 0.00985. The van der Waals surface area contributed by atoms with E-state index in [4.69, 9.17) is 5.73 Å². The van der Waals surface area contributed by atoms with Gasteiger partial charge in [-0.05, 0) is 24.0 Å². The molecule has 0 aromatic heterocycles. The van der Waals surface area contributed by atoms with Crippen LogP contribution in [0.1, 0.15) is 27.2 Å². The van der Waals surface area contributed by atoms with Gasteiger partial charge in [0.1, 0.15) is 0 Å². The van der Waals surface area contributed by atoms with Crippen LogP contribution in [0, 0.1) is 5.41 Å². The van der Waals surface area contributed by atoms with Crippen molar-refractivity contribution < 1.29 is 8.42 Å². The Kier molecular flexibility index (Phi) is 6.36. The molecule has 0 amide bonds. The van der Waals surface area contributed by atoms with Crippen molar-refractivity contribution in [1.29, 1.82) is 0 Å². The molecule has 3 N–H and O–H groups in total. The molecule has 0 bridgehead atoms. The molecule has 1 aromatic carbocycles. The largest absolute Gasteiger partial charge is 0.398 e. The maximum Gasteiger partial charge on any atom is 0.212 e. The summed E-state index contributed by atoms with van der Waals surface area (Å²) in [6.07, 6.45) is 0.935. The SMILES string of the molecule is CCC(C)(C)CNS(=O)(=O)CCSc1ccccc1N. The van der Waals surface area contributed by atoms with Gasteiger partial charge in [-0.25, -0.2) is 13.1 Å². The average Bonchev–Trinajstić information content (AvgIpc) is 2.39. The Morgan fingerprint density at radius 1 is 1.30 bits per heavy atom. The summed E-state index contributed by atoms with van der Waals surface area (Å²) >= 11 is 1.47. The van der Waals surface area contributed by atoms with Crippen molar-refractivity contribution in [2.24, 2.45) is 5.41 Å². The molecule has 114 valence electrons. The van der Waals surface area contributed by atoms with Crippen molar-refractivity contribution >= 4 is 27.5 Å². The Hall–Kier alpha value is -0.720. The van der Waals surface area contributed by atoms with E-state index < -0.39 is 10.0 Å². The van der Waals surface area contributed by atoms with E-state index in [0.29, 0.717) is 18.0 Å². The van der Waals surface area contributed by atoms with E-state index in [1.807, 2.05) is 24.3 Å². The van der Waals surface area contributed by atoms with Crippen molar-refractivity contribution in [1.82, 2.24) is 4.72 Å². The van der Waals surface area contributed by atoms with E-state index in [0.717, 1.165) is 11.3 Å². The zero-order valence-corrected chi connectivity index (χ0v) is 14.0. The first-order valence-corrected chi connectivity index (χ1v) is 9.34. The van der Waals surface area contributed by atoms with E-state index >= 15 is 0 Å². The Labute approximate surface area is 126 Å². The standard InChI is InChI=1S/C14H24N2O2S2/c1-4-14(2,3)11-16-20(17,18)10-9-19-13-8-6-5-7-12(13)15/h5-8,16H,4,9-11,15H2,1-3H3. The fourth-order valence-corrected chi connectivity index (χ4v) is 3.97. The number of rotatable bonds is 8. The van der Waals surface area contributed by atoms with Gasteiger partial charge in [-0.1, -0.05) is 32.9 Å². The number of benzene rings is 1. The van der Waals surface area contributed by atoms with Gasteiger partial charge in [-0.3, -0.25) is 0 Å². The van der Waals surface area contributed by atoms with Crippen LogP contribution in [0.2, 0.25) is 0 Å². The maximum absolute atomic E-state index is 11.9. The lowest BCUT2D eigenvalue weighted by atomic mass is 9.91. The van der Waals surface area contributed by atoms with Gasteiger partial charge in [0, 0.05) is 22.9 Å². The summed E-state index contributed by atoms with van der Waals surface area (Å²) in [7, 11) is -3.22. The van der Waals surface area contributed by atoms with Crippen molar-refractivity contribution in [3.63, 3.8) is 0 Å². The minimum atomic E-state index is -3.22. The average molecular weight is 316 g/mol. The number of nitrogens with one attached hydrogen (secondary N) is 1. The fourth-order valence-electron chi connectivity index (χ4n) is 1.38. The van der Waals surface area contributed by atoms with Crippen LogP contribution in [0.5, 0.6) is 0 Å². The van der Waals surface area contributed by atoms with Crippen molar-refractivity contribution in [3.05, 3.63) is 24.3 Å². The van der Waals surface area contributed by atoms with Crippen LogP contribution in [0.4, 0.5) is 5.69 Å². The summed E-state index contributed by atoms with van der Waals surface area (Å²) in [5.74, 6) is 0.599. The van der Waals surface area contributed by atoms with Gasteiger partial charge < -0.3 is 5.73 Å². The zero-order chi connectivity index (χ0) is 15.2. The monoisotopic (exact) mass is 316 g/mol. The molecule has 6 heteroatoms. The number of nitrogens with two attached hydrogens (primary N) is 1. The number of nitrogen functional groups attached to an aromatic ring is 1. The second-order valence-electron chi connectivity index (χ2n) is 5.54. The molecule has 0 fully saturated rings. The topological polar surface area (TPSA) is 72.2 Å². The number of sulfonamides is 1. The van der Waals surface area contributed by atoms with Gasteiger partial charge in [-0.15, -0.1) is 11.8 Å². The molecule has 0 radical (unpaired) electrons. The summed E-state index contributed by atoms with van der Waals surface area (Å²) in [6, 6.07) is 7.48. The van der Waals surface area contributed by atoms with Crippen molar-refractivity contribution in [2.75, 3.05) is 23.8 Å². The second kappa shape index (κ2) is 7.33. The highest BCUT2D eigenvalue weighted by Gasteiger charge is 2.19. The van der Waals surface area contributed by atoms with E-state index in [9.17, 15) is 8.42 Å². The Balaban J connectivity index is 2.43. The molecule has 0 saturated carbocycles. The Morgan fingerprint density at radius 2 is 1.95 bits per heavy atom. The molecule has 1 rings (SSSR count). The van der Waals surface area contributed by atoms with Crippen LogP contribution in [-0.2, 0) is 10.0 Å². The third kappa shape index (κ3) is 6.15. The van der Waals surface area contributed by atoms with Crippen LogP contribution in [0.3, 0.4) is 0 Å². The molecule has 0 aliphatic rings. The van der Waals surface area contributed by atoms with Crippen LogP contribution in [0.15, 0.2) is 29.2 Å². The molecular weight excluding hydrogens is 292 g/mol. The predicted molar refractivity (Wildman–Crippen MR) is 87.4 cm³/mol. The molecule has 1 aromatic rings. The lowest BCUT2D eigenvalue weighted by Gasteiger charge is -2.22. The van der Waals surface area contributed by atoms with Gasteiger partial charge in [0.05, 0.1) is 5.75 Å². The van der Waals surface area contributed by atoms with E-state index in [-0.39, 0.29) is 11.2 Å². The fraction of sp³-hybridized carbons (Fsp3) is 0.571. The van der Waals surface area contributed by atoms with Crippen LogP contribution < -0.4 is 10.5 Å². The molecular formula is C14H24N2O2S2. The molecule has 0 aliphatic carbocycles. The lowest BCUT2D eigenvalue weighted by Crippen LogP contribution is -2.35. The van der Waals surface area contributed by atoms with Gasteiger partial charge >= 0.3 is 0 Å². The molecule has 0 aliphatic heterocycles. The van der Waals surface area contributed by atoms with Crippen molar-refractivity contribution in [2.45, 2.75) is 32.1 Å². The second-order valence-corrected chi connectivity index (χ2v) is 8.61. The summed E-state index contributed by atoms with van der Waals surface area (Å²) in [5, 5.41) is 0. The van der Waals surface area contributed by atoms with Gasteiger partial charge in [0.15, 0.2) is 0 Å². The van der Waals surface area contributed by atoms with E-state index in [2.05, 4.69) is 25.5 Å². The first kappa shape index (κ1) is 17.3. The molecule has 0 unspecified atom stereocenters. The summed E-state index contributed by atoms with van der Waals surface area (Å²) in [6.45, 7) is 6.64. The summed E-state index contributed by atoms with van der Waals surface area (Å²) < 4.78 is 26.5. The smallest absolute Gasteiger partial charge is 0.212 e. The third-order valence-electron chi connectivity index (χ3n) is 3.26. The van der Waals surface area contributed by atoms with Crippen LogP contribution in [-0.4, -0.2) is 26.5 Å². The lowest BCUT2D eigenvalue weighted by molar-refractivity contribution is 0.350. The molecule has 20 heavy (non-hydrogen) atoms. The van der Waals surface area contributed by atoms with Gasteiger partial charge in [0.25, 0.3) is 0 Å². The van der Waals surface area contributed by atoms with Crippen LogP contribution >= 0.6 is 11.8 Å². The highest BCUT2D eigenvalue weighted by atomic mass is 32.2.